The van der Waals surface area contributed by atoms with E-state index in [9.17, 15) is 0 Å². The molecule has 0 amide bonds. The first-order chi connectivity index (χ1) is 7.02. The van der Waals surface area contributed by atoms with Crippen molar-refractivity contribution in [3.63, 3.8) is 0 Å². The minimum atomic E-state index is -0.110. The maximum atomic E-state index is 5.93. The molecular weight excluding hydrogens is 210 g/mol. The smallest absolute Gasteiger partial charge is 0.138 e. The Hall–Kier alpha value is -0.830. The van der Waals surface area contributed by atoms with Gasteiger partial charge in [-0.3, -0.25) is 0 Å². The quantitative estimate of drug-likeness (QED) is 0.572. The molecule has 0 fully saturated rings. The predicted molar refractivity (Wildman–Crippen MR) is 63.1 cm³/mol. The average molecular weight is 228 g/mol. The van der Waals surface area contributed by atoms with Crippen LogP contribution >= 0.6 is 11.6 Å². The molecule has 0 N–H and O–H groups in total. The lowest BCUT2D eigenvalue weighted by Crippen LogP contribution is -2.22. The van der Waals surface area contributed by atoms with Crippen LogP contribution in [0.1, 0.15) is 32.6 Å². The van der Waals surface area contributed by atoms with E-state index in [1.54, 1.807) is 6.33 Å². The molecule has 15 heavy (non-hydrogen) atoms. The molecule has 0 aliphatic carbocycles. The highest BCUT2D eigenvalue weighted by Gasteiger charge is 2.23. The Kier molecular flexibility index (Phi) is 3.91. The molecular formula is C11H18ClN3. The summed E-state index contributed by atoms with van der Waals surface area (Å²) < 4.78 is 1.92. The van der Waals surface area contributed by atoms with Gasteiger partial charge >= 0.3 is 0 Å². The highest BCUT2D eigenvalue weighted by atomic mass is 35.5. The largest absolute Gasteiger partial charge is 0.248 e. The lowest BCUT2D eigenvalue weighted by Gasteiger charge is -2.22. The summed E-state index contributed by atoms with van der Waals surface area (Å²) in [4.78, 5) is 4.26. The molecule has 0 aromatic carbocycles. The van der Waals surface area contributed by atoms with Gasteiger partial charge in [-0.25, -0.2) is 9.67 Å². The maximum Gasteiger partial charge on any atom is 0.138 e. The van der Waals surface area contributed by atoms with Crippen LogP contribution in [0, 0.1) is 5.41 Å². The molecule has 1 unspecified atom stereocenters. The van der Waals surface area contributed by atoms with Crippen molar-refractivity contribution in [1.82, 2.24) is 14.8 Å². The van der Waals surface area contributed by atoms with Crippen molar-refractivity contribution < 1.29 is 0 Å². The van der Waals surface area contributed by atoms with Crippen LogP contribution in [0.4, 0.5) is 0 Å². The normalized spacial score (nSPS) is 15.3. The summed E-state index contributed by atoms with van der Waals surface area (Å²) in [6.07, 6.45) is 4.25. The molecule has 0 saturated carbocycles. The van der Waals surface area contributed by atoms with E-state index in [0.717, 1.165) is 12.2 Å². The first-order valence-electron chi connectivity index (χ1n) is 5.10. The van der Waals surface area contributed by atoms with Gasteiger partial charge in [-0.1, -0.05) is 13.0 Å². The molecule has 4 heteroatoms. The molecule has 1 atom stereocenters. The monoisotopic (exact) mass is 227 g/mol. The Morgan fingerprint density at radius 1 is 1.67 bits per heavy atom. The Balaban J connectivity index is 2.88. The van der Waals surface area contributed by atoms with Gasteiger partial charge in [0, 0.05) is 23.8 Å². The summed E-state index contributed by atoms with van der Waals surface area (Å²) in [5, 5.41) is 4.20. The van der Waals surface area contributed by atoms with Gasteiger partial charge in [-0.2, -0.15) is 5.10 Å². The number of allylic oxidation sites excluding steroid dienone is 1. The van der Waals surface area contributed by atoms with Crippen molar-refractivity contribution in [2.24, 2.45) is 5.41 Å². The molecule has 1 rings (SSSR count). The van der Waals surface area contributed by atoms with E-state index in [1.165, 1.54) is 0 Å². The summed E-state index contributed by atoms with van der Waals surface area (Å²) in [6.45, 7) is 10.1. The molecule has 1 heterocycles. The molecule has 1 aromatic heterocycles. The fourth-order valence-corrected chi connectivity index (χ4v) is 1.57. The number of aromatic nitrogens is 3. The van der Waals surface area contributed by atoms with E-state index in [0.29, 0.717) is 11.9 Å². The summed E-state index contributed by atoms with van der Waals surface area (Å²) in [6, 6.07) is 0.326. The van der Waals surface area contributed by atoms with Crippen LogP contribution in [-0.2, 0) is 6.42 Å². The van der Waals surface area contributed by atoms with Crippen molar-refractivity contribution in [3.8, 4) is 0 Å². The van der Waals surface area contributed by atoms with E-state index < -0.39 is 0 Å². The standard InChI is InChI=1S/C11H18ClN3/c1-5-11(4,7-12)6-10-13-8-14-15(10)9(2)3/h5,8-9H,1,6-7H2,2-4H3. The molecule has 0 spiro atoms. The highest BCUT2D eigenvalue weighted by molar-refractivity contribution is 6.18. The first kappa shape index (κ1) is 12.2. The van der Waals surface area contributed by atoms with Crippen LogP contribution in [-0.4, -0.2) is 20.6 Å². The van der Waals surface area contributed by atoms with Gasteiger partial charge in [0.15, 0.2) is 0 Å². The van der Waals surface area contributed by atoms with Crippen molar-refractivity contribution in [1.29, 1.82) is 0 Å². The van der Waals surface area contributed by atoms with Crippen molar-refractivity contribution in [2.45, 2.75) is 33.2 Å². The zero-order valence-corrected chi connectivity index (χ0v) is 10.3. The Morgan fingerprint density at radius 2 is 2.33 bits per heavy atom. The van der Waals surface area contributed by atoms with Gasteiger partial charge in [-0.15, -0.1) is 18.2 Å². The van der Waals surface area contributed by atoms with Gasteiger partial charge in [0.25, 0.3) is 0 Å². The minimum Gasteiger partial charge on any atom is -0.248 e. The van der Waals surface area contributed by atoms with Crippen molar-refractivity contribution in [3.05, 3.63) is 24.8 Å². The third-order valence-electron chi connectivity index (χ3n) is 2.50. The van der Waals surface area contributed by atoms with E-state index in [1.807, 2.05) is 10.8 Å². The topological polar surface area (TPSA) is 30.7 Å². The van der Waals surface area contributed by atoms with Crippen LogP contribution in [0.25, 0.3) is 0 Å². The zero-order valence-electron chi connectivity index (χ0n) is 9.57. The zero-order chi connectivity index (χ0) is 11.5. The summed E-state index contributed by atoms with van der Waals surface area (Å²) in [7, 11) is 0. The molecule has 84 valence electrons. The number of hydrogen-bond acceptors (Lipinski definition) is 2. The molecule has 0 saturated heterocycles. The number of hydrogen-bond donors (Lipinski definition) is 0. The second-order valence-corrected chi connectivity index (χ2v) is 4.65. The van der Waals surface area contributed by atoms with E-state index in [2.05, 4.69) is 37.4 Å². The fraction of sp³-hybridized carbons (Fsp3) is 0.636. The van der Waals surface area contributed by atoms with Gasteiger partial charge in [0.1, 0.15) is 12.2 Å². The van der Waals surface area contributed by atoms with Gasteiger partial charge in [-0.05, 0) is 13.8 Å². The van der Waals surface area contributed by atoms with Crippen LogP contribution in [0.5, 0.6) is 0 Å². The Bertz CT molecular complexity index is 332. The maximum absolute atomic E-state index is 5.93. The van der Waals surface area contributed by atoms with E-state index >= 15 is 0 Å². The number of rotatable bonds is 5. The SMILES string of the molecule is C=CC(C)(CCl)Cc1ncnn1C(C)C. The van der Waals surface area contributed by atoms with Crippen molar-refractivity contribution >= 4 is 11.6 Å². The summed E-state index contributed by atoms with van der Waals surface area (Å²) in [5.41, 5.74) is -0.110. The molecule has 3 nitrogen and oxygen atoms in total. The molecule has 0 aliphatic heterocycles. The Morgan fingerprint density at radius 3 is 2.80 bits per heavy atom. The third kappa shape index (κ3) is 2.81. The Labute approximate surface area is 96.2 Å². The van der Waals surface area contributed by atoms with Crippen LogP contribution in [0.3, 0.4) is 0 Å². The summed E-state index contributed by atoms with van der Waals surface area (Å²) in [5.74, 6) is 1.51. The lowest BCUT2D eigenvalue weighted by atomic mass is 9.89. The van der Waals surface area contributed by atoms with Crippen LogP contribution < -0.4 is 0 Å². The van der Waals surface area contributed by atoms with Crippen LogP contribution in [0.2, 0.25) is 0 Å². The summed E-state index contributed by atoms with van der Waals surface area (Å²) >= 11 is 5.93. The van der Waals surface area contributed by atoms with Gasteiger partial charge < -0.3 is 0 Å². The molecule has 1 aromatic rings. The van der Waals surface area contributed by atoms with Gasteiger partial charge in [0.2, 0.25) is 0 Å². The molecule has 0 bridgehead atoms. The predicted octanol–water partition coefficient (Wildman–Crippen LogP) is 2.83. The fourth-order valence-electron chi connectivity index (χ4n) is 1.37. The third-order valence-corrected chi connectivity index (χ3v) is 3.11. The lowest BCUT2D eigenvalue weighted by molar-refractivity contribution is 0.428. The molecule has 0 aliphatic rings. The first-order valence-corrected chi connectivity index (χ1v) is 5.64. The minimum absolute atomic E-state index is 0.110. The van der Waals surface area contributed by atoms with E-state index in [-0.39, 0.29) is 5.41 Å². The van der Waals surface area contributed by atoms with E-state index in [4.69, 9.17) is 11.6 Å². The number of halogens is 1. The average Bonchev–Trinajstić information content (AvgIpc) is 2.65. The second kappa shape index (κ2) is 4.79. The van der Waals surface area contributed by atoms with Gasteiger partial charge in [0.05, 0.1) is 0 Å². The second-order valence-electron chi connectivity index (χ2n) is 4.38. The van der Waals surface area contributed by atoms with Crippen LogP contribution in [0.15, 0.2) is 19.0 Å². The van der Waals surface area contributed by atoms with Crippen molar-refractivity contribution in [2.75, 3.05) is 5.88 Å². The number of nitrogens with zero attached hydrogens (tertiary/aromatic N) is 3. The highest BCUT2D eigenvalue weighted by Crippen LogP contribution is 2.25. The number of alkyl halides is 1. The molecule has 0 radical (unpaired) electrons.